The highest BCUT2D eigenvalue weighted by Crippen LogP contribution is 2.02. The van der Waals surface area contributed by atoms with Crippen LogP contribution in [-0.4, -0.2) is 17.4 Å². The third-order valence-electron chi connectivity index (χ3n) is 3.49. The van der Waals surface area contributed by atoms with Gasteiger partial charge in [-0.25, -0.2) is 0 Å². The molecule has 0 bridgehead atoms. The molecule has 0 amide bonds. The van der Waals surface area contributed by atoms with E-state index in [9.17, 15) is 4.79 Å². The molecule has 0 saturated carbocycles. The Hall–Kier alpha value is -1.19. The van der Waals surface area contributed by atoms with Crippen molar-refractivity contribution in [1.29, 1.82) is 0 Å². The number of benzene rings is 1. The quantitative estimate of drug-likeness (QED) is 0.810. The Morgan fingerprint density at radius 3 is 2.04 bits per heavy atom. The first-order valence-electron chi connectivity index (χ1n) is 8.71. The van der Waals surface area contributed by atoms with Crippen LogP contribution < -0.4 is 5.73 Å². The van der Waals surface area contributed by atoms with Crippen LogP contribution >= 0.6 is 0 Å². The van der Waals surface area contributed by atoms with Gasteiger partial charge in [0.05, 0.1) is 13.2 Å². The maximum atomic E-state index is 10.6. The van der Waals surface area contributed by atoms with E-state index in [0.29, 0.717) is 0 Å². The van der Waals surface area contributed by atoms with Crippen molar-refractivity contribution in [3.8, 4) is 0 Å². The predicted octanol–water partition coefficient (Wildman–Crippen LogP) is 4.49. The van der Waals surface area contributed by atoms with Crippen LogP contribution in [0.25, 0.3) is 0 Å². The summed E-state index contributed by atoms with van der Waals surface area (Å²) < 4.78 is 0. The van der Waals surface area contributed by atoms with E-state index >= 15 is 0 Å². The number of aliphatic hydroxyl groups is 1. The minimum absolute atomic E-state index is 0.141. The van der Waals surface area contributed by atoms with E-state index in [1.54, 1.807) is 0 Å². The molecular weight excluding hydrogens is 286 g/mol. The van der Waals surface area contributed by atoms with Crippen LogP contribution in [0, 0.1) is 18.8 Å². The van der Waals surface area contributed by atoms with Gasteiger partial charge in [-0.05, 0) is 24.8 Å². The van der Waals surface area contributed by atoms with Gasteiger partial charge < -0.3 is 10.8 Å². The molecule has 1 atom stereocenters. The zero-order valence-corrected chi connectivity index (χ0v) is 15.9. The second-order valence-corrected chi connectivity index (χ2v) is 6.31. The number of aliphatic hydroxyl groups excluding tert-OH is 1. The molecule has 0 aromatic heterocycles. The molecule has 0 saturated heterocycles. The third-order valence-corrected chi connectivity index (χ3v) is 3.49. The summed E-state index contributed by atoms with van der Waals surface area (Å²) in [6, 6.07) is 7.84. The van der Waals surface area contributed by atoms with E-state index in [2.05, 4.69) is 20.8 Å². The largest absolute Gasteiger partial charge is 0.392 e. The molecule has 0 heterocycles. The topological polar surface area (TPSA) is 63.3 Å². The lowest BCUT2D eigenvalue weighted by Crippen LogP contribution is -2.20. The van der Waals surface area contributed by atoms with Crippen molar-refractivity contribution in [2.45, 2.75) is 67.4 Å². The van der Waals surface area contributed by atoms with Gasteiger partial charge in [-0.15, -0.1) is 0 Å². The van der Waals surface area contributed by atoms with Gasteiger partial charge in [-0.1, -0.05) is 77.3 Å². The summed E-state index contributed by atoms with van der Waals surface area (Å²) in [5, 5.41) is 8.66. The first-order valence-corrected chi connectivity index (χ1v) is 8.71. The van der Waals surface area contributed by atoms with Crippen LogP contribution in [0.1, 0.15) is 65.0 Å². The van der Waals surface area contributed by atoms with Crippen LogP contribution in [0.3, 0.4) is 0 Å². The first kappa shape index (κ1) is 24.1. The Morgan fingerprint density at radius 2 is 1.83 bits per heavy atom. The van der Waals surface area contributed by atoms with Crippen molar-refractivity contribution in [3.05, 3.63) is 35.4 Å². The Bertz CT molecular complexity index is 402. The third kappa shape index (κ3) is 15.5. The fourth-order valence-corrected chi connectivity index (χ4v) is 1.82. The molecule has 3 heteroatoms. The summed E-state index contributed by atoms with van der Waals surface area (Å²) in [4.78, 5) is 10.6. The van der Waals surface area contributed by atoms with E-state index in [1.165, 1.54) is 18.4 Å². The summed E-state index contributed by atoms with van der Waals surface area (Å²) in [7, 11) is 0. The maximum absolute atomic E-state index is 10.6. The van der Waals surface area contributed by atoms with Crippen molar-refractivity contribution in [2.24, 2.45) is 17.6 Å². The summed E-state index contributed by atoms with van der Waals surface area (Å²) >= 11 is 0. The zero-order valence-electron chi connectivity index (χ0n) is 15.9. The van der Waals surface area contributed by atoms with E-state index in [-0.39, 0.29) is 24.9 Å². The monoisotopic (exact) mass is 323 g/mol. The van der Waals surface area contributed by atoms with Gasteiger partial charge >= 0.3 is 0 Å². The molecule has 1 aromatic carbocycles. The number of hydrogen-bond donors (Lipinski definition) is 2. The Morgan fingerprint density at radius 1 is 1.22 bits per heavy atom. The highest BCUT2D eigenvalue weighted by Gasteiger charge is 2.06. The van der Waals surface area contributed by atoms with Gasteiger partial charge in [0.15, 0.2) is 0 Å². The fraction of sp³-hybridized carbons (Fsp3) is 0.650. The normalized spacial score (nSPS) is 11.0. The van der Waals surface area contributed by atoms with Gasteiger partial charge in [0.2, 0.25) is 0 Å². The van der Waals surface area contributed by atoms with E-state index in [0.717, 1.165) is 17.9 Å². The molecule has 134 valence electrons. The van der Waals surface area contributed by atoms with Gasteiger partial charge in [-0.3, -0.25) is 4.79 Å². The number of carbonyl (C=O) groups excluding carboxylic acids is 1. The number of Topliss-reactive ketones (excluding diaryl/α,β-unsaturated/α-hetero) is 1. The van der Waals surface area contributed by atoms with Crippen molar-refractivity contribution < 1.29 is 9.90 Å². The summed E-state index contributed by atoms with van der Waals surface area (Å²) in [5.41, 5.74) is 7.28. The molecule has 3 nitrogen and oxygen atoms in total. The number of ketones is 1. The molecule has 0 aliphatic heterocycles. The summed E-state index contributed by atoms with van der Waals surface area (Å²) in [6.07, 6.45) is 3.60. The molecule has 0 spiro atoms. The average molecular weight is 324 g/mol. The van der Waals surface area contributed by atoms with Crippen molar-refractivity contribution in [3.63, 3.8) is 0 Å². The average Bonchev–Trinajstić information content (AvgIpc) is 2.54. The van der Waals surface area contributed by atoms with Crippen LogP contribution in [0.5, 0.6) is 0 Å². The molecule has 23 heavy (non-hydrogen) atoms. The zero-order chi connectivity index (χ0) is 18.3. The minimum Gasteiger partial charge on any atom is -0.392 e. The SMILES string of the molecule is CCC(C)C(=O)CN.CCCC(C)C.Cc1cccc(CO)c1. The fourth-order valence-electron chi connectivity index (χ4n) is 1.82. The van der Waals surface area contributed by atoms with Gasteiger partial charge in [-0.2, -0.15) is 0 Å². The lowest BCUT2D eigenvalue weighted by molar-refractivity contribution is -0.121. The van der Waals surface area contributed by atoms with Crippen LogP contribution in [0.2, 0.25) is 0 Å². The number of nitrogens with two attached hydrogens (primary N) is 1. The number of aryl methyl sites for hydroxylation is 1. The summed E-state index contributed by atoms with van der Waals surface area (Å²) in [5.74, 6) is 1.21. The van der Waals surface area contributed by atoms with Gasteiger partial charge in [0.25, 0.3) is 0 Å². The van der Waals surface area contributed by atoms with Crippen LogP contribution in [-0.2, 0) is 11.4 Å². The van der Waals surface area contributed by atoms with E-state index < -0.39 is 0 Å². The smallest absolute Gasteiger partial charge is 0.149 e. The maximum Gasteiger partial charge on any atom is 0.149 e. The highest BCUT2D eigenvalue weighted by atomic mass is 16.3. The molecule has 1 unspecified atom stereocenters. The van der Waals surface area contributed by atoms with Gasteiger partial charge in [0.1, 0.15) is 5.78 Å². The number of hydrogen-bond acceptors (Lipinski definition) is 3. The number of carbonyl (C=O) groups is 1. The van der Waals surface area contributed by atoms with Crippen molar-refractivity contribution >= 4 is 5.78 Å². The predicted molar refractivity (Wildman–Crippen MR) is 100 cm³/mol. The summed E-state index contributed by atoms with van der Waals surface area (Å²) in [6.45, 7) is 13.0. The van der Waals surface area contributed by atoms with Crippen molar-refractivity contribution in [1.82, 2.24) is 0 Å². The van der Waals surface area contributed by atoms with E-state index in [4.69, 9.17) is 10.8 Å². The molecule has 3 N–H and O–H groups in total. The standard InChI is InChI=1S/C8H10O.C6H13NO.C6H14/c1-7-3-2-4-8(5-7)6-9;1-3-5(2)6(8)4-7;1-4-5-6(2)3/h2-5,9H,6H2,1H3;5H,3-4,7H2,1-2H3;6H,4-5H2,1-3H3. The molecule has 0 fully saturated rings. The van der Waals surface area contributed by atoms with Crippen molar-refractivity contribution in [2.75, 3.05) is 6.54 Å². The van der Waals surface area contributed by atoms with Crippen LogP contribution in [0.15, 0.2) is 24.3 Å². The lowest BCUT2D eigenvalue weighted by Gasteiger charge is -2.01. The molecule has 1 rings (SSSR count). The van der Waals surface area contributed by atoms with Gasteiger partial charge in [0, 0.05) is 5.92 Å². The second kappa shape index (κ2) is 15.7. The second-order valence-electron chi connectivity index (χ2n) is 6.31. The molecule has 0 aliphatic rings. The highest BCUT2D eigenvalue weighted by molar-refractivity contribution is 5.82. The molecule has 0 radical (unpaired) electrons. The first-order chi connectivity index (χ1) is 10.8. The Labute approximate surface area is 143 Å². The molecule has 0 aliphatic carbocycles. The Balaban J connectivity index is 0. The Kier molecular flexibility index (Phi) is 16.4. The van der Waals surface area contributed by atoms with Crippen LogP contribution in [0.4, 0.5) is 0 Å². The lowest BCUT2D eigenvalue weighted by atomic mass is 10.0. The van der Waals surface area contributed by atoms with E-state index in [1.807, 2.05) is 45.0 Å². The minimum atomic E-state index is 0.141. The number of rotatable bonds is 6. The molecule has 1 aromatic rings. The molecular formula is C20H37NO2.